The lowest BCUT2D eigenvalue weighted by molar-refractivity contribution is 0.184. The third-order valence-electron chi connectivity index (χ3n) is 3.41. The predicted molar refractivity (Wildman–Crippen MR) is 93.6 cm³/mol. The number of rotatable bonds is 5. The molecule has 8 heteroatoms. The molecule has 1 aromatic carbocycles. The normalized spacial score (nSPS) is 14.3. The zero-order valence-corrected chi connectivity index (χ0v) is 14.8. The van der Waals surface area contributed by atoms with Crippen molar-refractivity contribution >= 4 is 28.9 Å². The number of hydrogen-bond acceptors (Lipinski definition) is 3. The SMILES string of the molecule is CN=C(NCC(O)c1ccc(Cl)s1)NC(C)c1ccc(F)c(F)c1. The highest BCUT2D eigenvalue weighted by Gasteiger charge is 2.13. The first-order valence-corrected chi connectivity index (χ1v) is 8.45. The molecule has 2 aromatic rings. The van der Waals surface area contributed by atoms with Gasteiger partial charge in [0.15, 0.2) is 17.6 Å². The second-order valence-corrected chi connectivity index (χ2v) is 6.90. The van der Waals surface area contributed by atoms with Gasteiger partial charge in [-0.2, -0.15) is 0 Å². The fourth-order valence-corrected chi connectivity index (χ4v) is 3.11. The van der Waals surface area contributed by atoms with Crippen molar-refractivity contribution in [3.8, 4) is 0 Å². The summed E-state index contributed by atoms with van der Waals surface area (Å²) >= 11 is 7.16. The van der Waals surface area contributed by atoms with Gasteiger partial charge in [0, 0.05) is 18.5 Å². The maximum Gasteiger partial charge on any atom is 0.191 e. The molecule has 2 rings (SSSR count). The Morgan fingerprint density at radius 3 is 2.62 bits per heavy atom. The number of guanidine groups is 1. The van der Waals surface area contributed by atoms with Gasteiger partial charge in [-0.1, -0.05) is 17.7 Å². The van der Waals surface area contributed by atoms with Crippen LogP contribution >= 0.6 is 22.9 Å². The summed E-state index contributed by atoms with van der Waals surface area (Å²) in [7, 11) is 1.59. The third-order valence-corrected chi connectivity index (χ3v) is 4.74. The van der Waals surface area contributed by atoms with Crippen LogP contribution in [-0.4, -0.2) is 24.7 Å². The van der Waals surface area contributed by atoms with Crippen LogP contribution in [0.15, 0.2) is 35.3 Å². The average Bonchev–Trinajstić information content (AvgIpc) is 3.00. The Hall–Kier alpha value is -1.70. The van der Waals surface area contributed by atoms with Gasteiger partial charge < -0.3 is 15.7 Å². The first-order valence-electron chi connectivity index (χ1n) is 7.26. The molecule has 1 heterocycles. The van der Waals surface area contributed by atoms with Gasteiger partial charge >= 0.3 is 0 Å². The topological polar surface area (TPSA) is 56.7 Å². The summed E-state index contributed by atoms with van der Waals surface area (Å²) in [6, 6.07) is 6.93. The number of nitrogens with one attached hydrogen (secondary N) is 2. The molecule has 0 spiro atoms. The molecule has 0 aliphatic carbocycles. The number of benzene rings is 1. The minimum Gasteiger partial charge on any atom is -0.386 e. The van der Waals surface area contributed by atoms with E-state index in [0.717, 1.165) is 17.0 Å². The highest BCUT2D eigenvalue weighted by molar-refractivity contribution is 7.16. The maximum absolute atomic E-state index is 13.3. The molecule has 0 aliphatic heterocycles. The number of thiophene rings is 1. The van der Waals surface area contributed by atoms with E-state index in [9.17, 15) is 13.9 Å². The zero-order valence-electron chi connectivity index (χ0n) is 13.2. The molecule has 0 saturated carbocycles. The summed E-state index contributed by atoms with van der Waals surface area (Å²) in [4.78, 5) is 4.80. The van der Waals surface area contributed by atoms with Crippen molar-refractivity contribution < 1.29 is 13.9 Å². The Bertz CT molecular complexity index is 723. The van der Waals surface area contributed by atoms with E-state index in [2.05, 4.69) is 15.6 Å². The minimum atomic E-state index is -0.894. The van der Waals surface area contributed by atoms with E-state index in [4.69, 9.17) is 11.6 Å². The van der Waals surface area contributed by atoms with Gasteiger partial charge in [0.25, 0.3) is 0 Å². The van der Waals surface area contributed by atoms with Gasteiger partial charge in [0.2, 0.25) is 0 Å². The van der Waals surface area contributed by atoms with Gasteiger partial charge in [-0.25, -0.2) is 8.78 Å². The van der Waals surface area contributed by atoms with Crippen LogP contribution in [0.5, 0.6) is 0 Å². The highest BCUT2D eigenvalue weighted by atomic mass is 35.5. The van der Waals surface area contributed by atoms with E-state index in [1.165, 1.54) is 17.4 Å². The van der Waals surface area contributed by atoms with Gasteiger partial charge in [0.1, 0.15) is 6.10 Å². The number of halogens is 3. The van der Waals surface area contributed by atoms with E-state index in [1.807, 2.05) is 0 Å². The lowest BCUT2D eigenvalue weighted by Crippen LogP contribution is -2.40. The molecule has 1 aromatic heterocycles. The quantitative estimate of drug-likeness (QED) is 0.554. The average molecular weight is 374 g/mol. The lowest BCUT2D eigenvalue weighted by Gasteiger charge is -2.19. The molecule has 24 heavy (non-hydrogen) atoms. The Kier molecular flexibility index (Phi) is 6.53. The summed E-state index contributed by atoms with van der Waals surface area (Å²) in [5.41, 5.74) is 0.586. The van der Waals surface area contributed by atoms with Crippen LogP contribution in [0, 0.1) is 11.6 Å². The predicted octanol–water partition coefficient (Wildman–Crippen LogP) is 3.64. The van der Waals surface area contributed by atoms with Crippen LogP contribution in [0.1, 0.15) is 29.5 Å². The van der Waals surface area contributed by atoms with Crippen LogP contribution in [0.4, 0.5) is 8.78 Å². The Morgan fingerprint density at radius 2 is 2.04 bits per heavy atom. The monoisotopic (exact) mass is 373 g/mol. The van der Waals surface area contributed by atoms with Crippen LogP contribution in [0.2, 0.25) is 4.34 Å². The third kappa shape index (κ3) is 4.90. The van der Waals surface area contributed by atoms with Crippen LogP contribution in [0.3, 0.4) is 0 Å². The molecule has 2 unspecified atom stereocenters. The van der Waals surface area contributed by atoms with Gasteiger partial charge in [-0.05, 0) is 36.8 Å². The van der Waals surface area contributed by atoms with E-state index in [1.54, 1.807) is 26.1 Å². The second kappa shape index (κ2) is 8.41. The molecule has 0 radical (unpaired) electrons. The summed E-state index contributed by atoms with van der Waals surface area (Å²) < 4.78 is 26.9. The molecular weight excluding hydrogens is 356 g/mol. The Labute approximate surface area is 148 Å². The summed E-state index contributed by atoms with van der Waals surface area (Å²) in [5, 5.41) is 16.2. The van der Waals surface area contributed by atoms with Crippen molar-refractivity contribution in [3.05, 3.63) is 56.7 Å². The van der Waals surface area contributed by atoms with Crippen LogP contribution < -0.4 is 10.6 Å². The number of aliphatic hydroxyl groups is 1. The zero-order chi connectivity index (χ0) is 17.7. The number of aliphatic imine (C=N–C) groups is 1. The molecule has 0 aliphatic rings. The van der Waals surface area contributed by atoms with Crippen molar-refractivity contribution in [3.63, 3.8) is 0 Å². The van der Waals surface area contributed by atoms with Crippen molar-refractivity contribution in [2.75, 3.05) is 13.6 Å². The number of nitrogens with zero attached hydrogens (tertiary/aromatic N) is 1. The fourth-order valence-electron chi connectivity index (χ4n) is 2.07. The van der Waals surface area contributed by atoms with E-state index >= 15 is 0 Å². The summed E-state index contributed by atoms with van der Waals surface area (Å²) in [6.45, 7) is 2.04. The van der Waals surface area contributed by atoms with Crippen molar-refractivity contribution in [2.45, 2.75) is 19.1 Å². The molecule has 2 atom stereocenters. The molecular formula is C16H18ClF2N3OS. The molecule has 0 saturated heterocycles. The second-order valence-electron chi connectivity index (χ2n) is 5.15. The highest BCUT2D eigenvalue weighted by Crippen LogP contribution is 2.26. The standard InChI is InChI=1S/C16H18ClF2N3OS/c1-9(10-3-4-11(18)12(19)7-10)22-16(20-2)21-8-13(23)14-5-6-15(17)24-14/h3-7,9,13,23H,8H2,1-2H3,(H2,20,21,22). The molecule has 3 N–H and O–H groups in total. The van der Waals surface area contributed by atoms with Gasteiger partial charge in [0.05, 0.1) is 10.4 Å². The summed E-state index contributed by atoms with van der Waals surface area (Å²) in [6.07, 6.45) is -0.723. The Balaban J connectivity index is 1.93. The van der Waals surface area contributed by atoms with Crippen LogP contribution in [0.25, 0.3) is 0 Å². The van der Waals surface area contributed by atoms with Gasteiger partial charge in [-0.3, -0.25) is 4.99 Å². The maximum atomic E-state index is 13.3. The first-order chi connectivity index (χ1) is 11.4. The lowest BCUT2D eigenvalue weighted by atomic mass is 10.1. The van der Waals surface area contributed by atoms with Crippen molar-refractivity contribution in [1.29, 1.82) is 0 Å². The van der Waals surface area contributed by atoms with Crippen LogP contribution in [-0.2, 0) is 0 Å². The first kappa shape index (κ1) is 18.6. The van der Waals surface area contributed by atoms with E-state index < -0.39 is 17.7 Å². The van der Waals surface area contributed by atoms with Crippen molar-refractivity contribution in [2.24, 2.45) is 4.99 Å². The Morgan fingerprint density at radius 1 is 1.29 bits per heavy atom. The number of hydrogen-bond donors (Lipinski definition) is 3. The van der Waals surface area contributed by atoms with Crippen molar-refractivity contribution in [1.82, 2.24) is 10.6 Å². The number of aliphatic hydroxyl groups excluding tert-OH is 1. The minimum absolute atomic E-state index is 0.237. The molecule has 0 fully saturated rings. The molecule has 130 valence electrons. The molecule has 0 bridgehead atoms. The van der Waals surface area contributed by atoms with E-state index in [-0.39, 0.29) is 12.6 Å². The largest absolute Gasteiger partial charge is 0.386 e. The summed E-state index contributed by atoms with van der Waals surface area (Å²) in [5.74, 6) is -1.34. The van der Waals surface area contributed by atoms with Gasteiger partial charge in [-0.15, -0.1) is 11.3 Å². The molecule has 0 amide bonds. The fraction of sp³-hybridized carbons (Fsp3) is 0.312. The van der Waals surface area contributed by atoms with E-state index in [0.29, 0.717) is 15.9 Å². The smallest absolute Gasteiger partial charge is 0.191 e. The molecule has 4 nitrogen and oxygen atoms in total.